The minimum absolute atomic E-state index is 0.0295. The number of nitrogens with one attached hydrogen (secondary N) is 1. The van der Waals surface area contributed by atoms with Crippen LogP contribution in [0.2, 0.25) is 0 Å². The van der Waals surface area contributed by atoms with Gasteiger partial charge in [0.2, 0.25) is 5.95 Å². The molecule has 2 heterocycles. The molecule has 0 spiro atoms. The normalized spacial score (nSPS) is 16.9. The molecule has 51 heavy (non-hydrogen) atoms. The Bertz CT molecular complexity index is 1980. The van der Waals surface area contributed by atoms with Crippen LogP contribution >= 0.6 is 0 Å². The van der Waals surface area contributed by atoms with Gasteiger partial charge in [-0.1, -0.05) is 6.07 Å². The maximum atomic E-state index is 15.1. The first-order chi connectivity index (χ1) is 24.0. The summed E-state index contributed by atoms with van der Waals surface area (Å²) in [5, 5.41) is 6.40. The van der Waals surface area contributed by atoms with Crippen molar-refractivity contribution in [3.05, 3.63) is 93.8 Å². The highest BCUT2D eigenvalue weighted by Crippen LogP contribution is 2.52. The van der Waals surface area contributed by atoms with Crippen molar-refractivity contribution >= 4 is 17.6 Å². The lowest BCUT2D eigenvalue weighted by Gasteiger charge is -2.29. The van der Waals surface area contributed by atoms with Gasteiger partial charge in [0.1, 0.15) is 35.4 Å². The van der Waals surface area contributed by atoms with Crippen LogP contribution in [-0.4, -0.2) is 38.0 Å². The van der Waals surface area contributed by atoms with E-state index in [0.717, 1.165) is 37.1 Å². The summed E-state index contributed by atoms with van der Waals surface area (Å²) in [5.74, 6) is -13.7. The van der Waals surface area contributed by atoms with Crippen molar-refractivity contribution in [3.63, 3.8) is 0 Å². The Balaban J connectivity index is 1.44. The molecule has 4 aromatic rings. The van der Waals surface area contributed by atoms with Crippen LogP contribution in [0.1, 0.15) is 83.0 Å². The molecule has 1 atom stereocenters. The Hall–Kier alpha value is -4.96. The lowest BCUT2D eigenvalue weighted by molar-refractivity contribution is -0.121. The number of nitrogens with zero attached hydrogens (tertiary/aromatic N) is 4. The summed E-state index contributed by atoms with van der Waals surface area (Å²) >= 11 is 0. The first-order valence-electron chi connectivity index (χ1n) is 15.8. The quantitative estimate of drug-likeness (QED) is 0.138. The zero-order valence-corrected chi connectivity index (χ0v) is 26.5. The van der Waals surface area contributed by atoms with Gasteiger partial charge in [0.05, 0.1) is 16.8 Å². The van der Waals surface area contributed by atoms with E-state index in [-0.39, 0.29) is 39.4 Å². The Morgan fingerprint density at radius 1 is 0.961 bits per heavy atom. The second kappa shape index (κ2) is 13.6. The van der Waals surface area contributed by atoms with Crippen molar-refractivity contribution in [1.29, 1.82) is 0 Å². The molecule has 8 nitrogen and oxygen atoms in total. The number of nitrogens with two attached hydrogens (primary N) is 1. The highest BCUT2D eigenvalue weighted by Gasteiger charge is 2.55. The van der Waals surface area contributed by atoms with Gasteiger partial charge in [0.15, 0.2) is 5.78 Å². The topological polar surface area (TPSA) is 116 Å². The van der Waals surface area contributed by atoms with E-state index in [1.54, 1.807) is 0 Å². The molecule has 0 saturated heterocycles. The van der Waals surface area contributed by atoms with Crippen LogP contribution in [-0.2, 0) is 29.6 Å². The second-order valence-corrected chi connectivity index (χ2v) is 12.8. The van der Waals surface area contributed by atoms with Gasteiger partial charge in [-0.05, 0) is 60.6 Å². The summed E-state index contributed by atoms with van der Waals surface area (Å²) in [4.78, 5) is 34.5. The molecule has 0 unspecified atom stereocenters. The SMILES string of the molecule is NC(=O)c1cc(-c2cnc(NCC3CC3)nc2[C@@H](CC(=O)Cn2nc(C(F)F)c3c2C(F)(F)CCC3(F)F)Cc2cc(F)cc(F)c2)ccc1F. The lowest BCUT2D eigenvalue weighted by Crippen LogP contribution is -2.33. The number of hydrogen-bond acceptors (Lipinski definition) is 6. The fourth-order valence-electron chi connectivity index (χ4n) is 6.28. The molecule has 3 N–H and O–H groups in total. The molecule has 1 fully saturated rings. The lowest BCUT2D eigenvalue weighted by atomic mass is 9.86. The highest BCUT2D eigenvalue weighted by atomic mass is 19.3. The summed E-state index contributed by atoms with van der Waals surface area (Å²) in [6, 6.07) is 5.92. The van der Waals surface area contributed by atoms with Crippen molar-refractivity contribution in [1.82, 2.24) is 19.7 Å². The van der Waals surface area contributed by atoms with Gasteiger partial charge < -0.3 is 11.1 Å². The van der Waals surface area contributed by atoms with Gasteiger partial charge in [0, 0.05) is 49.6 Å². The zero-order chi connectivity index (χ0) is 36.8. The third-order valence-electron chi connectivity index (χ3n) is 8.85. The van der Waals surface area contributed by atoms with E-state index in [4.69, 9.17) is 5.73 Å². The first kappa shape index (κ1) is 35.9. The highest BCUT2D eigenvalue weighted by molar-refractivity contribution is 5.94. The first-order valence-corrected chi connectivity index (χ1v) is 15.8. The van der Waals surface area contributed by atoms with E-state index in [2.05, 4.69) is 20.4 Å². The van der Waals surface area contributed by atoms with E-state index >= 15 is 8.78 Å². The number of hydrogen-bond donors (Lipinski definition) is 2. The number of fused-ring (bicyclic) bond motifs is 1. The third kappa shape index (κ3) is 7.71. The number of benzene rings is 2. The molecule has 6 rings (SSSR count). The van der Waals surface area contributed by atoms with Crippen LogP contribution in [0.4, 0.5) is 45.5 Å². The van der Waals surface area contributed by atoms with Crippen molar-refractivity contribution < 1.29 is 49.1 Å². The maximum Gasteiger partial charge on any atom is 0.290 e. The van der Waals surface area contributed by atoms with Gasteiger partial charge in [-0.25, -0.2) is 40.7 Å². The number of ketones is 1. The largest absolute Gasteiger partial charge is 0.366 e. The zero-order valence-electron chi connectivity index (χ0n) is 26.5. The smallest absolute Gasteiger partial charge is 0.290 e. The van der Waals surface area contributed by atoms with Crippen molar-refractivity contribution in [2.45, 2.75) is 69.3 Å². The second-order valence-electron chi connectivity index (χ2n) is 12.8. The van der Waals surface area contributed by atoms with E-state index in [1.165, 1.54) is 12.3 Å². The molecule has 0 aliphatic heterocycles. The average molecular weight is 725 g/mol. The Labute approximate surface area is 284 Å². The van der Waals surface area contributed by atoms with E-state index < -0.39 is 102 Å². The van der Waals surface area contributed by atoms with Crippen molar-refractivity contribution in [2.24, 2.45) is 11.7 Å². The third-order valence-corrected chi connectivity index (χ3v) is 8.85. The van der Waals surface area contributed by atoms with Crippen molar-refractivity contribution in [2.75, 3.05) is 11.9 Å². The van der Waals surface area contributed by atoms with Crippen LogP contribution in [0, 0.1) is 23.4 Å². The molecule has 1 amide bonds. The van der Waals surface area contributed by atoms with E-state index in [1.807, 2.05) is 0 Å². The molecule has 2 aromatic carbocycles. The van der Waals surface area contributed by atoms with Gasteiger partial charge in [-0.2, -0.15) is 13.9 Å². The predicted molar refractivity (Wildman–Crippen MR) is 164 cm³/mol. The van der Waals surface area contributed by atoms with Gasteiger partial charge >= 0.3 is 0 Å². The van der Waals surface area contributed by atoms with Crippen LogP contribution in [0.5, 0.6) is 0 Å². The summed E-state index contributed by atoms with van der Waals surface area (Å²) in [6.45, 7) is -0.653. The maximum absolute atomic E-state index is 15.1. The summed E-state index contributed by atoms with van der Waals surface area (Å²) in [5.41, 5.74) is 0.508. The number of halogens is 9. The predicted octanol–water partition coefficient (Wildman–Crippen LogP) is 7.58. The molecule has 2 aromatic heterocycles. The summed E-state index contributed by atoms with van der Waals surface area (Å²) < 4.78 is 131. The van der Waals surface area contributed by atoms with Crippen LogP contribution in [0.3, 0.4) is 0 Å². The molecular weight excluding hydrogens is 695 g/mol. The molecule has 0 radical (unpaired) electrons. The Kier molecular flexibility index (Phi) is 9.59. The number of aromatic nitrogens is 4. The monoisotopic (exact) mass is 724 g/mol. The number of carbonyl (C=O) groups excluding carboxylic acids is 2. The van der Waals surface area contributed by atoms with E-state index in [0.29, 0.717) is 18.5 Å². The van der Waals surface area contributed by atoms with Crippen LogP contribution in [0.25, 0.3) is 11.1 Å². The number of carbonyl (C=O) groups is 2. The standard InChI is InChI=1S/C34H29F9N6O2/c35-20-8-17(9-21(36)12-20)7-19(10-22(50)15-49-29-26(28(48-49)30(38)39)33(40,41)5-6-34(29,42)43)27-24(14-46-32(47-27)45-13-16-1-2-16)18-3-4-25(37)23(11-18)31(44)51/h3-4,8-9,11-12,14,16,19,30H,1-2,5-7,10,13,15H2,(H2,44,51)(H,45,46,47)/t19-/m1/s1. The van der Waals surface area contributed by atoms with Gasteiger partial charge in [-0.15, -0.1) is 0 Å². The number of primary amides is 1. The molecule has 2 aliphatic carbocycles. The number of anilines is 1. The average Bonchev–Trinajstić information content (AvgIpc) is 3.79. The van der Waals surface area contributed by atoms with Gasteiger partial charge in [-0.3, -0.25) is 14.3 Å². The van der Waals surface area contributed by atoms with Crippen LogP contribution < -0.4 is 11.1 Å². The van der Waals surface area contributed by atoms with Crippen LogP contribution in [0.15, 0.2) is 42.6 Å². The minimum atomic E-state index is -4.06. The van der Waals surface area contributed by atoms with E-state index in [9.17, 15) is 40.3 Å². The minimum Gasteiger partial charge on any atom is -0.366 e. The summed E-state index contributed by atoms with van der Waals surface area (Å²) in [7, 11) is 0. The number of amides is 1. The molecule has 1 saturated carbocycles. The summed E-state index contributed by atoms with van der Waals surface area (Å²) in [6.07, 6.45) is -4.19. The fourth-order valence-corrected chi connectivity index (χ4v) is 6.28. The van der Waals surface area contributed by atoms with Crippen molar-refractivity contribution in [3.8, 4) is 11.1 Å². The molecular formula is C34H29F9N6O2. The number of Topliss-reactive ketones (excluding diaryl/α,β-unsaturated/α-hetero) is 1. The Morgan fingerprint density at radius 2 is 1.65 bits per heavy atom. The Morgan fingerprint density at radius 3 is 2.29 bits per heavy atom. The number of rotatable bonds is 13. The molecule has 17 heteroatoms. The molecule has 2 aliphatic rings. The molecule has 270 valence electrons. The fraction of sp³-hybridized carbons (Fsp3) is 0.382. The van der Waals surface area contributed by atoms with Gasteiger partial charge in [0.25, 0.3) is 24.2 Å². The molecule has 0 bridgehead atoms. The number of alkyl halides is 6.